The van der Waals surface area contributed by atoms with Gasteiger partial charge in [-0.25, -0.2) is 0 Å². The maximum absolute atomic E-state index is 6.19. The molecule has 0 bridgehead atoms. The first kappa shape index (κ1) is 14.2. The second-order valence-corrected chi connectivity index (χ2v) is 6.17. The molecule has 1 fully saturated rings. The van der Waals surface area contributed by atoms with Crippen molar-refractivity contribution in [3.63, 3.8) is 0 Å². The quantitative estimate of drug-likeness (QED) is 0.841. The molecule has 0 aliphatic heterocycles. The van der Waals surface area contributed by atoms with Crippen molar-refractivity contribution in [1.29, 1.82) is 0 Å². The highest BCUT2D eigenvalue weighted by Crippen LogP contribution is 2.43. The Morgan fingerprint density at radius 1 is 1.11 bits per heavy atom. The molecular formula is C15H21Cl2N. The summed E-state index contributed by atoms with van der Waals surface area (Å²) in [6.07, 6.45) is 6.40. The number of nitrogens with one attached hydrogen (secondary N) is 1. The van der Waals surface area contributed by atoms with Crippen LogP contribution in [-0.2, 0) is 5.41 Å². The third kappa shape index (κ3) is 2.54. The van der Waals surface area contributed by atoms with Gasteiger partial charge in [0.15, 0.2) is 0 Å². The smallest absolute Gasteiger partial charge is 0.0595 e. The van der Waals surface area contributed by atoms with E-state index in [-0.39, 0.29) is 5.41 Å². The summed E-state index contributed by atoms with van der Waals surface area (Å²) in [7, 11) is 2.04. The van der Waals surface area contributed by atoms with Gasteiger partial charge < -0.3 is 5.32 Å². The zero-order chi connectivity index (χ0) is 13.2. The zero-order valence-corrected chi connectivity index (χ0v) is 12.6. The van der Waals surface area contributed by atoms with Crippen molar-refractivity contribution in [3.8, 4) is 0 Å². The van der Waals surface area contributed by atoms with Gasteiger partial charge in [0.05, 0.1) is 10.0 Å². The second kappa shape index (κ2) is 5.81. The van der Waals surface area contributed by atoms with Gasteiger partial charge in [-0.2, -0.15) is 0 Å². The van der Waals surface area contributed by atoms with Crippen LogP contribution in [-0.4, -0.2) is 13.1 Å². The van der Waals surface area contributed by atoms with Gasteiger partial charge in [0, 0.05) is 11.5 Å². The molecule has 0 amide bonds. The summed E-state index contributed by atoms with van der Waals surface area (Å²) >= 11 is 12.2. The molecule has 1 N–H and O–H groups in total. The highest BCUT2D eigenvalue weighted by molar-refractivity contribution is 6.42. The van der Waals surface area contributed by atoms with Crippen LogP contribution < -0.4 is 5.32 Å². The molecule has 1 aliphatic carbocycles. The lowest BCUT2D eigenvalue weighted by Gasteiger charge is -2.43. The molecule has 1 aromatic carbocycles. The summed E-state index contributed by atoms with van der Waals surface area (Å²) in [6.45, 7) is 2.27. The molecule has 100 valence electrons. The maximum Gasteiger partial charge on any atom is 0.0595 e. The first-order chi connectivity index (χ1) is 8.60. The van der Waals surface area contributed by atoms with E-state index >= 15 is 0 Å². The fourth-order valence-corrected chi connectivity index (χ4v) is 3.53. The minimum Gasteiger partial charge on any atom is -0.316 e. The van der Waals surface area contributed by atoms with Crippen LogP contribution >= 0.6 is 23.2 Å². The molecule has 1 saturated carbocycles. The lowest BCUT2D eigenvalue weighted by atomic mass is 9.65. The average molecular weight is 286 g/mol. The minimum absolute atomic E-state index is 0.210. The molecule has 0 radical (unpaired) electrons. The zero-order valence-electron chi connectivity index (χ0n) is 11.1. The largest absolute Gasteiger partial charge is 0.316 e. The van der Waals surface area contributed by atoms with Crippen LogP contribution in [0.3, 0.4) is 0 Å². The Morgan fingerprint density at radius 3 is 2.33 bits per heavy atom. The van der Waals surface area contributed by atoms with Crippen LogP contribution in [0.2, 0.25) is 10.0 Å². The topological polar surface area (TPSA) is 12.0 Å². The number of likely N-dealkylation sites (N-methyl/N-ethyl adjacent to an activating group) is 1. The van der Waals surface area contributed by atoms with E-state index in [0.29, 0.717) is 16.1 Å². The van der Waals surface area contributed by atoms with Crippen LogP contribution in [0, 0.1) is 0 Å². The van der Waals surface area contributed by atoms with Crippen molar-refractivity contribution >= 4 is 23.2 Å². The summed E-state index contributed by atoms with van der Waals surface area (Å²) < 4.78 is 0. The van der Waals surface area contributed by atoms with E-state index in [1.807, 2.05) is 13.1 Å². The number of hydrogen-bond acceptors (Lipinski definition) is 1. The molecule has 0 aromatic heterocycles. The van der Waals surface area contributed by atoms with Gasteiger partial charge in [-0.15, -0.1) is 0 Å². The van der Waals surface area contributed by atoms with Crippen molar-refractivity contribution < 1.29 is 0 Å². The van der Waals surface area contributed by atoms with Gasteiger partial charge in [0.2, 0.25) is 0 Å². The SMILES string of the molecule is CN[C@@H](C)C1(c2ccc(Cl)c(Cl)c2)CCCCC1. The predicted octanol–water partition coefficient (Wildman–Crippen LogP) is 4.80. The van der Waals surface area contributed by atoms with Crippen molar-refractivity contribution in [2.75, 3.05) is 7.05 Å². The van der Waals surface area contributed by atoms with Gasteiger partial charge in [-0.3, -0.25) is 0 Å². The Bertz CT molecular complexity index is 411. The van der Waals surface area contributed by atoms with E-state index in [1.54, 1.807) is 0 Å². The molecule has 1 nitrogen and oxygen atoms in total. The van der Waals surface area contributed by atoms with Gasteiger partial charge in [0.1, 0.15) is 0 Å². The molecule has 0 unspecified atom stereocenters. The highest BCUT2D eigenvalue weighted by atomic mass is 35.5. The first-order valence-electron chi connectivity index (χ1n) is 6.73. The van der Waals surface area contributed by atoms with Gasteiger partial charge >= 0.3 is 0 Å². The van der Waals surface area contributed by atoms with E-state index in [1.165, 1.54) is 37.7 Å². The fraction of sp³-hybridized carbons (Fsp3) is 0.600. The molecular weight excluding hydrogens is 265 g/mol. The van der Waals surface area contributed by atoms with E-state index < -0.39 is 0 Å². The van der Waals surface area contributed by atoms with Crippen molar-refractivity contribution in [1.82, 2.24) is 5.32 Å². The van der Waals surface area contributed by atoms with Gasteiger partial charge in [-0.05, 0) is 44.5 Å². The van der Waals surface area contributed by atoms with Crippen molar-refractivity contribution in [2.24, 2.45) is 0 Å². The lowest BCUT2D eigenvalue weighted by Crippen LogP contribution is -2.46. The Labute approximate surface area is 120 Å². The number of halogens is 2. The third-order valence-corrected chi connectivity index (χ3v) is 5.24. The van der Waals surface area contributed by atoms with Gasteiger partial charge in [-0.1, -0.05) is 48.5 Å². The fourth-order valence-electron chi connectivity index (χ4n) is 3.24. The number of rotatable bonds is 3. The van der Waals surface area contributed by atoms with E-state index in [9.17, 15) is 0 Å². The number of benzene rings is 1. The van der Waals surface area contributed by atoms with Crippen LogP contribution in [0.4, 0.5) is 0 Å². The third-order valence-electron chi connectivity index (χ3n) is 4.50. The summed E-state index contributed by atoms with van der Waals surface area (Å²) in [5.74, 6) is 0. The first-order valence-corrected chi connectivity index (χ1v) is 7.48. The summed E-state index contributed by atoms with van der Waals surface area (Å²) in [6, 6.07) is 6.59. The highest BCUT2D eigenvalue weighted by Gasteiger charge is 2.38. The molecule has 18 heavy (non-hydrogen) atoms. The predicted molar refractivity (Wildman–Crippen MR) is 79.7 cm³/mol. The van der Waals surface area contributed by atoms with Crippen LogP contribution in [0.15, 0.2) is 18.2 Å². The summed E-state index contributed by atoms with van der Waals surface area (Å²) in [5.41, 5.74) is 1.54. The molecule has 2 rings (SSSR count). The molecule has 3 heteroatoms. The van der Waals surface area contributed by atoms with Crippen molar-refractivity contribution in [3.05, 3.63) is 33.8 Å². The Kier molecular flexibility index (Phi) is 4.58. The van der Waals surface area contributed by atoms with Crippen LogP contribution in [0.25, 0.3) is 0 Å². The van der Waals surface area contributed by atoms with E-state index in [4.69, 9.17) is 23.2 Å². The van der Waals surface area contributed by atoms with Crippen LogP contribution in [0.5, 0.6) is 0 Å². The lowest BCUT2D eigenvalue weighted by molar-refractivity contribution is 0.231. The molecule has 0 spiro atoms. The Hall–Kier alpha value is -0.240. The van der Waals surface area contributed by atoms with Crippen LogP contribution in [0.1, 0.15) is 44.6 Å². The second-order valence-electron chi connectivity index (χ2n) is 5.36. The standard InChI is InChI=1S/C15H21Cl2N/c1-11(18-2)15(8-4-3-5-9-15)12-6-7-13(16)14(17)10-12/h6-7,10-11,18H,3-5,8-9H2,1-2H3/t11-/m0/s1. The monoisotopic (exact) mass is 285 g/mol. The molecule has 1 aromatic rings. The summed E-state index contributed by atoms with van der Waals surface area (Å²) in [4.78, 5) is 0. The van der Waals surface area contributed by atoms with E-state index in [2.05, 4.69) is 24.4 Å². The van der Waals surface area contributed by atoms with Crippen molar-refractivity contribution in [2.45, 2.75) is 50.5 Å². The molecule has 0 saturated heterocycles. The maximum atomic E-state index is 6.19. The molecule has 1 aliphatic rings. The normalized spacial score (nSPS) is 20.7. The van der Waals surface area contributed by atoms with E-state index in [0.717, 1.165) is 0 Å². The average Bonchev–Trinajstić information content (AvgIpc) is 2.41. The Balaban J connectivity index is 2.41. The minimum atomic E-state index is 0.210. The molecule has 1 atom stereocenters. The molecule has 0 heterocycles. The Morgan fingerprint density at radius 2 is 1.78 bits per heavy atom. The number of hydrogen-bond donors (Lipinski definition) is 1. The van der Waals surface area contributed by atoms with Gasteiger partial charge in [0.25, 0.3) is 0 Å². The summed E-state index contributed by atoms with van der Waals surface area (Å²) in [5, 5.41) is 4.74.